The van der Waals surface area contributed by atoms with Crippen molar-refractivity contribution in [2.24, 2.45) is 0 Å². The van der Waals surface area contributed by atoms with Crippen LogP contribution in [0.4, 0.5) is 0 Å². The number of hydrogen-bond acceptors (Lipinski definition) is 4. The van der Waals surface area contributed by atoms with Crippen molar-refractivity contribution in [2.75, 3.05) is 0 Å². The summed E-state index contributed by atoms with van der Waals surface area (Å²) in [5.74, 6) is 0.926. The van der Waals surface area contributed by atoms with E-state index in [-0.39, 0.29) is 5.54 Å². The number of nitrogens with zero attached hydrogens (tertiary/aromatic N) is 1. The summed E-state index contributed by atoms with van der Waals surface area (Å²) in [6.45, 7) is 9.82. The van der Waals surface area contributed by atoms with E-state index < -0.39 is 0 Å². The first-order valence-electron chi connectivity index (χ1n) is 6.81. The Hall–Kier alpha value is -1.39. The van der Waals surface area contributed by atoms with E-state index in [1.54, 1.807) is 11.3 Å². The second-order valence-corrected chi connectivity index (χ2v) is 6.92. The number of thiazole rings is 1. The summed E-state index contributed by atoms with van der Waals surface area (Å²) in [6.07, 6.45) is 0. The van der Waals surface area contributed by atoms with Crippen LogP contribution in [0.2, 0.25) is 0 Å². The molecule has 2 aromatic rings. The fourth-order valence-electron chi connectivity index (χ4n) is 1.78. The molecule has 108 valence electrons. The minimum atomic E-state index is 0.0964. The third kappa shape index (κ3) is 4.62. The Morgan fingerprint density at radius 3 is 2.65 bits per heavy atom. The Morgan fingerprint density at radius 1 is 1.25 bits per heavy atom. The zero-order chi connectivity index (χ0) is 14.6. The Morgan fingerprint density at radius 2 is 2.00 bits per heavy atom. The largest absolute Gasteiger partial charge is 0.487 e. The van der Waals surface area contributed by atoms with Gasteiger partial charge in [-0.15, -0.1) is 11.3 Å². The molecule has 0 saturated heterocycles. The lowest BCUT2D eigenvalue weighted by molar-refractivity contribution is 0.296. The summed E-state index contributed by atoms with van der Waals surface area (Å²) in [5, 5.41) is 6.61. The standard InChI is InChI=1S/C16H22N2OS/c1-12-18-14(11-20-12)10-19-15-8-6-5-7-13(15)9-17-16(2,3)4/h5-8,11,17H,9-10H2,1-4H3. The topological polar surface area (TPSA) is 34.1 Å². The predicted octanol–water partition coefficient (Wildman–Crippen LogP) is 3.92. The molecule has 0 atom stereocenters. The molecule has 2 rings (SSSR count). The summed E-state index contributed by atoms with van der Waals surface area (Å²) in [7, 11) is 0. The zero-order valence-corrected chi connectivity index (χ0v) is 13.4. The molecule has 0 amide bonds. The fraction of sp³-hybridized carbons (Fsp3) is 0.438. The van der Waals surface area contributed by atoms with Gasteiger partial charge in [-0.3, -0.25) is 0 Å². The van der Waals surface area contributed by atoms with Crippen molar-refractivity contribution in [1.82, 2.24) is 10.3 Å². The van der Waals surface area contributed by atoms with E-state index >= 15 is 0 Å². The summed E-state index contributed by atoms with van der Waals surface area (Å²) >= 11 is 1.65. The number of hydrogen-bond donors (Lipinski definition) is 1. The van der Waals surface area contributed by atoms with Crippen LogP contribution in [0.15, 0.2) is 29.6 Å². The lowest BCUT2D eigenvalue weighted by Gasteiger charge is -2.21. The number of aryl methyl sites for hydroxylation is 1. The number of ether oxygens (including phenoxy) is 1. The zero-order valence-electron chi connectivity index (χ0n) is 12.6. The second kappa shape index (κ2) is 6.37. The first kappa shape index (κ1) is 15.0. The van der Waals surface area contributed by atoms with Crippen LogP contribution in [0.25, 0.3) is 0 Å². The Labute approximate surface area is 125 Å². The Balaban J connectivity index is 2.00. The van der Waals surface area contributed by atoms with E-state index in [0.29, 0.717) is 6.61 Å². The quantitative estimate of drug-likeness (QED) is 0.906. The number of para-hydroxylation sites is 1. The number of rotatable bonds is 5. The molecule has 1 aromatic carbocycles. The van der Waals surface area contributed by atoms with Crippen molar-refractivity contribution in [3.8, 4) is 5.75 Å². The van der Waals surface area contributed by atoms with Gasteiger partial charge >= 0.3 is 0 Å². The molecular weight excluding hydrogens is 268 g/mol. The highest BCUT2D eigenvalue weighted by Gasteiger charge is 2.11. The molecule has 1 N–H and O–H groups in total. The van der Waals surface area contributed by atoms with Gasteiger partial charge in [0.1, 0.15) is 12.4 Å². The van der Waals surface area contributed by atoms with Crippen LogP contribution in [0.5, 0.6) is 5.75 Å². The molecule has 1 aromatic heterocycles. The monoisotopic (exact) mass is 290 g/mol. The summed E-state index contributed by atoms with van der Waals surface area (Å²) in [5.41, 5.74) is 2.26. The fourth-order valence-corrected chi connectivity index (χ4v) is 2.37. The molecular formula is C16H22N2OS. The Bertz CT molecular complexity index is 558. The molecule has 4 heteroatoms. The van der Waals surface area contributed by atoms with Crippen LogP contribution in [0.3, 0.4) is 0 Å². The van der Waals surface area contributed by atoms with Crippen molar-refractivity contribution in [3.05, 3.63) is 45.9 Å². The van der Waals surface area contributed by atoms with Crippen LogP contribution in [0.1, 0.15) is 37.0 Å². The first-order chi connectivity index (χ1) is 9.44. The van der Waals surface area contributed by atoms with Crippen molar-refractivity contribution < 1.29 is 4.74 Å². The molecule has 0 aliphatic rings. The minimum Gasteiger partial charge on any atom is -0.487 e. The Kier molecular flexibility index (Phi) is 4.78. The van der Waals surface area contributed by atoms with Crippen LogP contribution >= 0.6 is 11.3 Å². The molecule has 0 unspecified atom stereocenters. The maximum absolute atomic E-state index is 5.91. The molecule has 1 heterocycles. The molecule has 0 radical (unpaired) electrons. The molecule has 20 heavy (non-hydrogen) atoms. The average Bonchev–Trinajstić information content (AvgIpc) is 2.80. The van der Waals surface area contributed by atoms with Gasteiger partial charge in [0, 0.05) is 23.0 Å². The molecule has 0 aliphatic heterocycles. The maximum atomic E-state index is 5.91. The third-order valence-corrected chi connectivity index (χ3v) is 3.65. The molecule has 0 spiro atoms. The van der Waals surface area contributed by atoms with E-state index in [0.717, 1.165) is 23.0 Å². The van der Waals surface area contributed by atoms with Crippen molar-refractivity contribution in [2.45, 2.75) is 46.4 Å². The van der Waals surface area contributed by atoms with Gasteiger partial charge in [0.15, 0.2) is 0 Å². The number of nitrogens with one attached hydrogen (secondary N) is 1. The van der Waals surface area contributed by atoms with Gasteiger partial charge in [0.2, 0.25) is 0 Å². The van der Waals surface area contributed by atoms with E-state index in [1.807, 2.05) is 30.5 Å². The van der Waals surface area contributed by atoms with E-state index in [4.69, 9.17) is 4.74 Å². The van der Waals surface area contributed by atoms with Crippen LogP contribution in [-0.2, 0) is 13.2 Å². The molecule has 3 nitrogen and oxygen atoms in total. The minimum absolute atomic E-state index is 0.0964. The van der Waals surface area contributed by atoms with Crippen LogP contribution in [0, 0.1) is 6.92 Å². The van der Waals surface area contributed by atoms with Gasteiger partial charge in [-0.1, -0.05) is 18.2 Å². The smallest absolute Gasteiger partial charge is 0.131 e. The van der Waals surface area contributed by atoms with Crippen LogP contribution in [-0.4, -0.2) is 10.5 Å². The van der Waals surface area contributed by atoms with E-state index in [9.17, 15) is 0 Å². The van der Waals surface area contributed by atoms with Crippen LogP contribution < -0.4 is 10.1 Å². The van der Waals surface area contributed by atoms with Gasteiger partial charge in [0.25, 0.3) is 0 Å². The highest BCUT2D eigenvalue weighted by Crippen LogP contribution is 2.20. The van der Waals surface area contributed by atoms with E-state index in [1.165, 1.54) is 5.56 Å². The highest BCUT2D eigenvalue weighted by molar-refractivity contribution is 7.09. The SMILES string of the molecule is Cc1nc(COc2ccccc2CNC(C)(C)C)cs1. The molecule has 0 bridgehead atoms. The molecule has 0 aliphatic carbocycles. The summed E-state index contributed by atoms with van der Waals surface area (Å²) < 4.78 is 5.91. The molecule has 0 saturated carbocycles. The number of aromatic nitrogens is 1. The van der Waals surface area contributed by atoms with Gasteiger partial charge in [-0.25, -0.2) is 4.98 Å². The predicted molar refractivity (Wildman–Crippen MR) is 84.2 cm³/mol. The van der Waals surface area contributed by atoms with E-state index in [2.05, 4.69) is 37.1 Å². The summed E-state index contributed by atoms with van der Waals surface area (Å²) in [6, 6.07) is 8.15. The molecule has 0 fully saturated rings. The normalized spacial score (nSPS) is 11.6. The lowest BCUT2D eigenvalue weighted by atomic mass is 10.1. The van der Waals surface area contributed by atoms with Gasteiger partial charge in [-0.05, 0) is 33.8 Å². The number of benzene rings is 1. The van der Waals surface area contributed by atoms with Gasteiger partial charge < -0.3 is 10.1 Å². The van der Waals surface area contributed by atoms with Gasteiger partial charge in [-0.2, -0.15) is 0 Å². The lowest BCUT2D eigenvalue weighted by Crippen LogP contribution is -2.35. The average molecular weight is 290 g/mol. The van der Waals surface area contributed by atoms with Crippen molar-refractivity contribution in [3.63, 3.8) is 0 Å². The first-order valence-corrected chi connectivity index (χ1v) is 7.69. The third-order valence-electron chi connectivity index (χ3n) is 2.82. The second-order valence-electron chi connectivity index (χ2n) is 5.86. The van der Waals surface area contributed by atoms with Gasteiger partial charge in [0.05, 0.1) is 10.7 Å². The maximum Gasteiger partial charge on any atom is 0.131 e. The highest BCUT2D eigenvalue weighted by atomic mass is 32.1. The van der Waals surface area contributed by atoms with Crippen molar-refractivity contribution >= 4 is 11.3 Å². The van der Waals surface area contributed by atoms with Crippen molar-refractivity contribution in [1.29, 1.82) is 0 Å². The summed E-state index contributed by atoms with van der Waals surface area (Å²) in [4.78, 5) is 4.42.